The number of aliphatic hydroxyl groups excluding tert-OH is 1. The summed E-state index contributed by atoms with van der Waals surface area (Å²) in [5.74, 6) is -0.733. The molecule has 0 unspecified atom stereocenters. The Morgan fingerprint density at radius 1 is 1.13 bits per heavy atom. The number of aliphatic hydroxyl groups is 1. The second kappa shape index (κ2) is 16.5. The van der Waals surface area contributed by atoms with Crippen LogP contribution >= 0.6 is 11.6 Å². The number of anilines is 1. The predicted octanol–water partition coefficient (Wildman–Crippen LogP) is 5.10. The number of nitrogens with zero attached hydrogens (tertiary/aromatic N) is 3. The van der Waals surface area contributed by atoms with Gasteiger partial charge in [-0.3, -0.25) is 14.6 Å². The lowest BCUT2D eigenvalue weighted by Crippen LogP contribution is -2.48. The number of fused-ring (bicyclic) bond motifs is 1. The fraction of sp³-hybridized carbons (Fsp3) is 0.441. The lowest BCUT2D eigenvalue weighted by molar-refractivity contribution is -0.00834. The van der Waals surface area contributed by atoms with Gasteiger partial charge in [0.2, 0.25) is 10.0 Å². The van der Waals surface area contributed by atoms with E-state index in [0.717, 1.165) is 12.8 Å². The summed E-state index contributed by atoms with van der Waals surface area (Å²) in [4.78, 5) is 32.8. The van der Waals surface area contributed by atoms with Gasteiger partial charge in [0, 0.05) is 61.3 Å². The normalized spacial score (nSPS) is 20.5. The summed E-state index contributed by atoms with van der Waals surface area (Å²) in [6.07, 6.45) is 4.47. The molecule has 2 N–H and O–H groups in total. The van der Waals surface area contributed by atoms with Crippen LogP contribution in [0, 0.1) is 5.92 Å². The lowest BCUT2D eigenvalue weighted by atomic mass is 10.0. The van der Waals surface area contributed by atoms with E-state index in [4.69, 9.17) is 21.1 Å². The van der Waals surface area contributed by atoms with Crippen LogP contribution in [0.3, 0.4) is 0 Å². The Balaban J connectivity index is 1.65. The standard InChI is InChI=1S/C34H43ClN4O7S/c1-23-20-39(24(2)22-40)34(42)30-19-28(37-33(41)26-14-16-36-17-15-26)10-13-31(30)46-25(3)7-5-6-18-45-32(23)21-38(4)47(43,44)29-11-8-27(35)9-12-29/h8-17,19,23-25,32,40H,5-7,18,20-22H2,1-4H3,(H,37,41)/t23-,24+,25-,32-/m1/s1. The van der Waals surface area contributed by atoms with Crippen LogP contribution in [-0.2, 0) is 14.8 Å². The molecule has 2 heterocycles. The summed E-state index contributed by atoms with van der Waals surface area (Å²) in [5, 5.41) is 13.5. The van der Waals surface area contributed by atoms with Crippen molar-refractivity contribution in [3.8, 4) is 5.75 Å². The number of aromatic nitrogens is 1. The third-order valence-electron chi connectivity index (χ3n) is 8.21. The summed E-state index contributed by atoms with van der Waals surface area (Å²) >= 11 is 5.98. The van der Waals surface area contributed by atoms with Crippen LogP contribution in [0.2, 0.25) is 5.02 Å². The third kappa shape index (κ3) is 9.51. The quantitative estimate of drug-likeness (QED) is 0.334. The number of nitrogens with one attached hydrogen (secondary N) is 1. The van der Waals surface area contributed by atoms with Crippen molar-refractivity contribution in [1.29, 1.82) is 0 Å². The summed E-state index contributed by atoms with van der Waals surface area (Å²) in [6, 6.07) is 13.5. The summed E-state index contributed by atoms with van der Waals surface area (Å²) in [6.45, 7) is 5.85. The molecule has 254 valence electrons. The fourth-order valence-electron chi connectivity index (χ4n) is 5.31. The molecule has 4 atom stereocenters. The molecule has 1 aliphatic rings. The largest absolute Gasteiger partial charge is 0.490 e. The summed E-state index contributed by atoms with van der Waals surface area (Å²) in [7, 11) is -2.35. The molecule has 0 radical (unpaired) electrons. The van der Waals surface area contributed by atoms with Crippen LogP contribution in [0.1, 0.15) is 60.7 Å². The average molecular weight is 687 g/mol. The van der Waals surface area contributed by atoms with E-state index in [-0.39, 0.29) is 48.1 Å². The number of benzene rings is 2. The van der Waals surface area contributed by atoms with E-state index in [1.54, 1.807) is 42.2 Å². The van der Waals surface area contributed by atoms with Gasteiger partial charge in [-0.05, 0) is 87.7 Å². The lowest BCUT2D eigenvalue weighted by Gasteiger charge is -2.35. The molecule has 0 saturated carbocycles. The van der Waals surface area contributed by atoms with Gasteiger partial charge in [0.05, 0.1) is 35.3 Å². The molecule has 4 rings (SSSR count). The number of pyridine rings is 1. The highest BCUT2D eigenvalue weighted by molar-refractivity contribution is 7.89. The molecule has 1 aliphatic heterocycles. The number of halogens is 1. The minimum absolute atomic E-state index is 0.0446. The Kier molecular flexibility index (Phi) is 12.8. The van der Waals surface area contributed by atoms with Gasteiger partial charge in [-0.15, -0.1) is 0 Å². The van der Waals surface area contributed by atoms with Crippen molar-refractivity contribution in [3.05, 3.63) is 83.1 Å². The number of hydrogen-bond donors (Lipinski definition) is 2. The molecule has 13 heteroatoms. The van der Waals surface area contributed by atoms with Gasteiger partial charge in [0.15, 0.2) is 0 Å². The molecule has 0 saturated heterocycles. The van der Waals surface area contributed by atoms with Crippen molar-refractivity contribution in [2.75, 3.05) is 38.7 Å². The van der Waals surface area contributed by atoms with Crippen molar-refractivity contribution in [3.63, 3.8) is 0 Å². The number of amides is 2. The smallest absolute Gasteiger partial charge is 0.258 e. The van der Waals surface area contributed by atoms with Gasteiger partial charge >= 0.3 is 0 Å². The average Bonchev–Trinajstić information content (AvgIpc) is 3.06. The van der Waals surface area contributed by atoms with E-state index >= 15 is 0 Å². The maximum Gasteiger partial charge on any atom is 0.258 e. The van der Waals surface area contributed by atoms with E-state index in [2.05, 4.69) is 10.3 Å². The zero-order valence-electron chi connectivity index (χ0n) is 27.1. The van der Waals surface area contributed by atoms with Crippen molar-refractivity contribution in [2.45, 2.75) is 63.2 Å². The zero-order chi connectivity index (χ0) is 34.1. The summed E-state index contributed by atoms with van der Waals surface area (Å²) in [5.41, 5.74) is 1.04. The number of ether oxygens (including phenoxy) is 2. The molecule has 2 aromatic carbocycles. The fourth-order valence-corrected chi connectivity index (χ4v) is 6.62. The van der Waals surface area contributed by atoms with Crippen molar-refractivity contribution in [2.24, 2.45) is 5.92 Å². The van der Waals surface area contributed by atoms with Gasteiger partial charge in [0.1, 0.15) is 5.75 Å². The molecular weight excluding hydrogens is 644 g/mol. The van der Waals surface area contributed by atoms with Crippen molar-refractivity contribution in [1.82, 2.24) is 14.2 Å². The Morgan fingerprint density at radius 2 is 1.83 bits per heavy atom. The van der Waals surface area contributed by atoms with Crippen LogP contribution in [0.25, 0.3) is 0 Å². The monoisotopic (exact) mass is 686 g/mol. The first-order valence-electron chi connectivity index (χ1n) is 15.7. The van der Waals surface area contributed by atoms with Crippen molar-refractivity contribution >= 4 is 39.1 Å². The van der Waals surface area contributed by atoms with Crippen LogP contribution in [-0.4, -0.2) is 91.1 Å². The van der Waals surface area contributed by atoms with Gasteiger partial charge in [-0.1, -0.05) is 18.5 Å². The Labute approximate surface area is 281 Å². The molecule has 11 nitrogen and oxygen atoms in total. The minimum Gasteiger partial charge on any atom is -0.490 e. The first-order valence-corrected chi connectivity index (χ1v) is 17.5. The predicted molar refractivity (Wildman–Crippen MR) is 180 cm³/mol. The van der Waals surface area contributed by atoms with Crippen molar-refractivity contribution < 1.29 is 32.6 Å². The third-order valence-corrected chi connectivity index (χ3v) is 10.3. The molecule has 3 aromatic rings. The maximum absolute atomic E-state index is 14.3. The molecule has 2 amide bonds. The van der Waals surface area contributed by atoms with Gasteiger partial charge in [-0.25, -0.2) is 8.42 Å². The van der Waals surface area contributed by atoms with E-state index in [9.17, 15) is 23.1 Å². The van der Waals surface area contributed by atoms with Crippen LogP contribution in [0.15, 0.2) is 71.9 Å². The minimum atomic E-state index is -3.85. The maximum atomic E-state index is 14.3. The molecule has 0 fully saturated rings. The van der Waals surface area contributed by atoms with E-state index < -0.39 is 28.1 Å². The highest BCUT2D eigenvalue weighted by Gasteiger charge is 2.32. The van der Waals surface area contributed by atoms with Crippen LogP contribution < -0.4 is 10.1 Å². The van der Waals surface area contributed by atoms with Crippen LogP contribution in [0.4, 0.5) is 5.69 Å². The van der Waals surface area contributed by atoms with Crippen LogP contribution in [0.5, 0.6) is 5.75 Å². The number of sulfonamides is 1. The number of likely N-dealkylation sites (N-methyl/N-ethyl adjacent to an activating group) is 1. The number of carbonyl (C=O) groups excluding carboxylic acids is 2. The SMILES string of the molecule is C[C@@H]1CCCCO[C@H](CN(C)S(=O)(=O)c2ccc(Cl)cc2)[C@H](C)CN([C@@H](C)CO)C(=O)c2cc(NC(=O)c3ccncc3)ccc2O1. The highest BCUT2D eigenvalue weighted by Crippen LogP contribution is 2.29. The van der Waals surface area contributed by atoms with E-state index in [1.165, 1.54) is 48.0 Å². The summed E-state index contributed by atoms with van der Waals surface area (Å²) < 4.78 is 40.6. The Bertz CT molecular complexity index is 1610. The molecule has 47 heavy (non-hydrogen) atoms. The zero-order valence-corrected chi connectivity index (χ0v) is 28.7. The molecule has 0 aliphatic carbocycles. The second-order valence-corrected chi connectivity index (χ2v) is 14.4. The number of hydrogen-bond acceptors (Lipinski definition) is 8. The Morgan fingerprint density at radius 3 is 2.51 bits per heavy atom. The molecule has 0 spiro atoms. The second-order valence-electron chi connectivity index (χ2n) is 11.9. The van der Waals surface area contributed by atoms with Gasteiger partial charge in [0.25, 0.3) is 11.8 Å². The van der Waals surface area contributed by atoms with Gasteiger partial charge in [-0.2, -0.15) is 4.31 Å². The van der Waals surface area contributed by atoms with Gasteiger partial charge < -0.3 is 24.8 Å². The molecular formula is C34H43ClN4O7S. The highest BCUT2D eigenvalue weighted by atomic mass is 35.5. The topological polar surface area (TPSA) is 138 Å². The van der Waals surface area contributed by atoms with E-state index in [0.29, 0.717) is 35.1 Å². The number of carbonyl (C=O) groups is 2. The molecule has 0 bridgehead atoms. The van der Waals surface area contributed by atoms with E-state index in [1.807, 2.05) is 13.8 Å². The molecule has 1 aromatic heterocycles. The first-order chi connectivity index (χ1) is 22.4. The first kappa shape index (κ1) is 36.3. The number of rotatable bonds is 8. The Hall–Kier alpha value is -3.55.